The number of nitrogens with zero attached hydrogens (tertiary/aromatic N) is 1. The lowest BCUT2D eigenvalue weighted by Gasteiger charge is -2.24. The molecule has 0 radical (unpaired) electrons. The molecular formula is C10H22N2O. The van der Waals surface area contributed by atoms with E-state index in [1.54, 1.807) is 0 Å². The van der Waals surface area contributed by atoms with Gasteiger partial charge in [0.2, 0.25) is 0 Å². The molecule has 2 N–H and O–H groups in total. The van der Waals surface area contributed by atoms with Crippen LogP contribution in [0.1, 0.15) is 25.7 Å². The van der Waals surface area contributed by atoms with E-state index < -0.39 is 0 Å². The molecule has 0 bridgehead atoms. The molecular weight excluding hydrogens is 164 g/mol. The van der Waals surface area contributed by atoms with Crippen molar-refractivity contribution in [1.29, 1.82) is 0 Å². The molecule has 0 spiro atoms. The van der Waals surface area contributed by atoms with Crippen molar-refractivity contribution in [1.82, 2.24) is 4.90 Å². The molecule has 0 aliphatic carbocycles. The quantitative estimate of drug-likeness (QED) is 0.691. The maximum Gasteiger partial charge on any atom is 0.0587 e. The second-order valence-electron chi connectivity index (χ2n) is 3.87. The number of hydrogen-bond acceptors (Lipinski definition) is 3. The van der Waals surface area contributed by atoms with Crippen LogP contribution in [0.3, 0.4) is 0 Å². The highest BCUT2D eigenvalue weighted by Crippen LogP contribution is 2.15. The molecule has 0 aromatic heterocycles. The third-order valence-electron chi connectivity index (χ3n) is 2.62. The maximum absolute atomic E-state index is 5.65. The van der Waals surface area contributed by atoms with Gasteiger partial charge in [0, 0.05) is 26.2 Å². The molecule has 0 saturated carbocycles. The van der Waals surface area contributed by atoms with Crippen LogP contribution >= 0.6 is 0 Å². The van der Waals surface area contributed by atoms with Gasteiger partial charge in [0.15, 0.2) is 0 Å². The Morgan fingerprint density at radius 2 is 2.23 bits per heavy atom. The highest BCUT2D eigenvalue weighted by Gasteiger charge is 2.13. The Hall–Kier alpha value is -0.120. The summed E-state index contributed by atoms with van der Waals surface area (Å²) in [5.74, 6) is 0. The molecule has 1 saturated heterocycles. The monoisotopic (exact) mass is 186 g/mol. The molecule has 0 aromatic rings. The molecule has 1 rings (SSSR count). The summed E-state index contributed by atoms with van der Waals surface area (Å²) in [5, 5.41) is 0. The van der Waals surface area contributed by atoms with E-state index in [4.69, 9.17) is 10.5 Å². The first kappa shape index (κ1) is 11.0. The molecule has 0 aromatic carbocycles. The van der Waals surface area contributed by atoms with E-state index >= 15 is 0 Å². The fourth-order valence-corrected chi connectivity index (χ4v) is 1.73. The summed E-state index contributed by atoms with van der Waals surface area (Å²) in [7, 11) is 2.12. The predicted molar refractivity (Wildman–Crippen MR) is 54.8 cm³/mol. The Morgan fingerprint density at radius 1 is 1.38 bits per heavy atom. The van der Waals surface area contributed by atoms with Gasteiger partial charge in [-0.05, 0) is 32.7 Å². The third kappa shape index (κ3) is 4.60. The van der Waals surface area contributed by atoms with Crippen molar-refractivity contribution < 1.29 is 4.74 Å². The van der Waals surface area contributed by atoms with Crippen LogP contribution in [0.2, 0.25) is 0 Å². The van der Waals surface area contributed by atoms with Gasteiger partial charge in [0.1, 0.15) is 0 Å². The van der Waals surface area contributed by atoms with Crippen LogP contribution in [0.5, 0.6) is 0 Å². The SMILES string of the molecule is CN(CCN)CCC1CCCCO1. The van der Waals surface area contributed by atoms with Gasteiger partial charge in [-0.25, -0.2) is 0 Å². The standard InChI is InChI=1S/C10H22N2O/c1-12(8-6-11)7-5-10-4-2-3-9-13-10/h10H,2-9,11H2,1H3. The Morgan fingerprint density at radius 3 is 2.85 bits per heavy atom. The molecule has 78 valence electrons. The average Bonchev–Trinajstić information content (AvgIpc) is 2.17. The molecule has 1 aliphatic heterocycles. The molecule has 3 heteroatoms. The van der Waals surface area contributed by atoms with E-state index in [1.807, 2.05) is 0 Å². The van der Waals surface area contributed by atoms with Crippen LogP contribution in [0, 0.1) is 0 Å². The topological polar surface area (TPSA) is 38.5 Å². The van der Waals surface area contributed by atoms with Gasteiger partial charge in [0.05, 0.1) is 6.10 Å². The summed E-state index contributed by atoms with van der Waals surface area (Å²) >= 11 is 0. The van der Waals surface area contributed by atoms with E-state index in [2.05, 4.69) is 11.9 Å². The van der Waals surface area contributed by atoms with Crippen molar-refractivity contribution in [2.24, 2.45) is 5.73 Å². The number of likely N-dealkylation sites (N-methyl/N-ethyl adjacent to an activating group) is 1. The third-order valence-corrected chi connectivity index (χ3v) is 2.62. The maximum atomic E-state index is 5.65. The lowest BCUT2D eigenvalue weighted by Crippen LogP contribution is -2.30. The van der Waals surface area contributed by atoms with Crippen LogP contribution in [-0.4, -0.2) is 44.3 Å². The first-order chi connectivity index (χ1) is 6.33. The zero-order chi connectivity index (χ0) is 9.52. The predicted octanol–water partition coefficient (Wildman–Crippen LogP) is 0.836. The minimum atomic E-state index is 0.508. The van der Waals surface area contributed by atoms with Gasteiger partial charge < -0.3 is 15.4 Å². The van der Waals surface area contributed by atoms with Crippen LogP contribution in [0.25, 0.3) is 0 Å². The van der Waals surface area contributed by atoms with Gasteiger partial charge >= 0.3 is 0 Å². The van der Waals surface area contributed by atoms with Crippen molar-refractivity contribution >= 4 is 0 Å². The average molecular weight is 186 g/mol. The van der Waals surface area contributed by atoms with Crippen LogP contribution < -0.4 is 5.73 Å². The summed E-state index contributed by atoms with van der Waals surface area (Å²) in [6, 6.07) is 0. The number of nitrogens with two attached hydrogens (primary N) is 1. The van der Waals surface area contributed by atoms with Gasteiger partial charge in [-0.2, -0.15) is 0 Å². The second-order valence-corrected chi connectivity index (χ2v) is 3.87. The highest BCUT2D eigenvalue weighted by molar-refractivity contribution is 4.65. The van der Waals surface area contributed by atoms with E-state index in [0.29, 0.717) is 6.10 Å². The smallest absolute Gasteiger partial charge is 0.0587 e. The van der Waals surface area contributed by atoms with Crippen molar-refractivity contribution in [3.8, 4) is 0 Å². The molecule has 0 amide bonds. The summed E-state index contributed by atoms with van der Waals surface area (Å²) in [4.78, 5) is 2.28. The summed E-state index contributed by atoms with van der Waals surface area (Å²) in [6.07, 6.45) is 5.50. The van der Waals surface area contributed by atoms with Gasteiger partial charge in [-0.1, -0.05) is 0 Å². The number of ether oxygens (including phenoxy) is 1. The normalized spacial score (nSPS) is 23.8. The first-order valence-electron chi connectivity index (χ1n) is 5.33. The van der Waals surface area contributed by atoms with E-state index in [0.717, 1.165) is 32.7 Å². The minimum absolute atomic E-state index is 0.508. The molecule has 3 nitrogen and oxygen atoms in total. The Bertz CT molecular complexity index is 124. The van der Waals surface area contributed by atoms with Crippen molar-refractivity contribution in [2.45, 2.75) is 31.8 Å². The Kier molecular flexibility index (Phi) is 5.35. The lowest BCUT2D eigenvalue weighted by molar-refractivity contribution is 0.00688. The van der Waals surface area contributed by atoms with Gasteiger partial charge in [-0.3, -0.25) is 0 Å². The minimum Gasteiger partial charge on any atom is -0.378 e. The summed E-state index contributed by atoms with van der Waals surface area (Å²) in [5.41, 5.74) is 5.47. The van der Waals surface area contributed by atoms with Crippen molar-refractivity contribution in [3.05, 3.63) is 0 Å². The van der Waals surface area contributed by atoms with Crippen molar-refractivity contribution in [2.75, 3.05) is 33.3 Å². The molecule has 1 fully saturated rings. The van der Waals surface area contributed by atoms with Gasteiger partial charge in [0.25, 0.3) is 0 Å². The van der Waals surface area contributed by atoms with Crippen LogP contribution in [-0.2, 0) is 4.74 Å². The summed E-state index contributed by atoms with van der Waals surface area (Å²) < 4.78 is 5.65. The number of rotatable bonds is 5. The van der Waals surface area contributed by atoms with Crippen LogP contribution in [0.15, 0.2) is 0 Å². The largest absolute Gasteiger partial charge is 0.378 e. The number of hydrogen-bond donors (Lipinski definition) is 1. The summed E-state index contributed by atoms with van der Waals surface area (Å²) in [6.45, 7) is 3.82. The highest BCUT2D eigenvalue weighted by atomic mass is 16.5. The van der Waals surface area contributed by atoms with E-state index in [1.165, 1.54) is 19.3 Å². The molecule has 1 unspecified atom stereocenters. The fraction of sp³-hybridized carbons (Fsp3) is 1.00. The molecule has 13 heavy (non-hydrogen) atoms. The molecule has 1 atom stereocenters. The zero-order valence-electron chi connectivity index (χ0n) is 8.67. The van der Waals surface area contributed by atoms with Gasteiger partial charge in [-0.15, -0.1) is 0 Å². The first-order valence-corrected chi connectivity index (χ1v) is 5.33. The Balaban J connectivity index is 2.03. The lowest BCUT2D eigenvalue weighted by atomic mass is 10.1. The van der Waals surface area contributed by atoms with E-state index in [9.17, 15) is 0 Å². The second kappa shape index (κ2) is 6.35. The van der Waals surface area contributed by atoms with Crippen molar-refractivity contribution in [3.63, 3.8) is 0 Å². The Labute approximate surface area is 81.2 Å². The van der Waals surface area contributed by atoms with E-state index in [-0.39, 0.29) is 0 Å². The molecule has 1 aliphatic rings. The zero-order valence-corrected chi connectivity index (χ0v) is 8.67. The molecule has 1 heterocycles. The van der Waals surface area contributed by atoms with Crippen LogP contribution in [0.4, 0.5) is 0 Å². The fourth-order valence-electron chi connectivity index (χ4n) is 1.73.